The second-order valence-corrected chi connectivity index (χ2v) is 7.87. The van der Waals surface area contributed by atoms with Gasteiger partial charge in [-0.05, 0) is 31.9 Å². The van der Waals surface area contributed by atoms with E-state index >= 15 is 0 Å². The molecular formula is C17H15BrF3N5O. The molecule has 1 fully saturated rings. The number of nitrogens with one attached hydrogen (secondary N) is 1. The van der Waals surface area contributed by atoms with Gasteiger partial charge in [-0.3, -0.25) is 4.40 Å². The van der Waals surface area contributed by atoms with E-state index in [2.05, 4.69) is 36.4 Å². The van der Waals surface area contributed by atoms with Crippen molar-refractivity contribution in [2.24, 2.45) is 0 Å². The summed E-state index contributed by atoms with van der Waals surface area (Å²) < 4.78 is 42.4. The highest BCUT2D eigenvalue weighted by atomic mass is 79.9. The summed E-state index contributed by atoms with van der Waals surface area (Å²) in [6, 6.07) is 3.93. The summed E-state index contributed by atoms with van der Waals surface area (Å²) >= 11 is 3.08. The maximum atomic E-state index is 13.5. The lowest BCUT2D eigenvalue weighted by Crippen LogP contribution is -2.48. The van der Waals surface area contributed by atoms with Gasteiger partial charge in [0, 0.05) is 16.1 Å². The zero-order valence-electron chi connectivity index (χ0n) is 14.1. The summed E-state index contributed by atoms with van der Waals surface area (Å²) in [5, 5.41) is 21.1. The maximum absolute atomic E-state index is 13.5. The highest BCUT2D eigenvalue weighted by Gasteiger charge is 2.39. The lowest BCUT2D eigenvalue weighted by molar-refractivity contribution is -0.137. The Hall–Kier alpha value is -2.20. The number of rotatable bonds is 3. The van der Waals surface area contributed by atoms with Gasteiger partial charge >= 0.3 is 6.18 Å². The number of halogens is 4. The number of hydrogen-bond acceptors (Lipinski definition) is 5. The van der Waals surface area contributed by atoms with E-state index in [1.807, 2.05) is 0 Å². The van der Waals surface area contributed by atoms with Gasteiger partial charge in [-0.1, -0.05) is 22.0 Å². The second kappa shape index (κ2) is 6.16. The van der Waals surface area contributed by atoms with Crippen LogP contribution >= 0.6 is 15.9 Å². The molecule has 0 saturated heterocycles. The minimum absolute atomic E-state index is 0.0177. The number of nitrogens with zero attached hydrogens (tertiary/aromatic N) is 4. The number of imidazole rings is 1. The molecule has 1 saturated carbocycles. The molecule has 0 amide bonds. The van der Waals surface area contributed by atoms with E-state index in [1.54, 1.807) is 11.3 Å². The summed E-state index contributed by atoms with van der Waals surface area (Å²) in [4.78, 5) is 4.04. The summed E-state index contributed by atoms with van der Waals surface area (Å²) in [5.74, 6) is 0.373. The molecule has 2 N–H and O–H groups in total. The van der Waals surface area contributed by atoms with Crippen molar-refractivity contribution in [3.05, 3.63) is 40.8 Å². The molecule has 2 heterocycles. The third-order valence-corrected chi connectivity index (χ3v) is 5.09. The van der Waals surface area contributed by atoms with E-state index in [0.717, 1.165) is 6.07 Å². The minimum Gasteiger partial charge on any atom is -0.390 e. The van der Waals surface area contributed by atoms with E-state index in [0.29, 0.717) is 28.8 Å². The number of aliphatic hydroxyl groups is 1. The van der Waals surface area contributed by atoms with Crippen LogP contribution in [0, 0.1) is 0 Å². The zero-order valence-corrected chi connectivity index (χ0v) is 15.7. The fraction of sp³-hybridized carbons (Fsp3) is 0.353. The van der Waals surface area contributed by atoms with Gasteiger partial charge in [-0.25, -0.2) is 4.98 Å². The Labute approximate surface area is 160 Å². The number of alkyl halides is 3. The molecule has 1 aliphatic rings. The minimum atomic E-state index is -4.54. The molecular weight excluding hydrogens is 427 g/mol. The standard InChI is InChI=1S/C17H15BrF3N5O/c1-16(27)5-10(6-16)23-15-25-24-14(13-7-22-8-26(13)15)11-3-2-9(18)4-12(11)17(19,20)21/h2-4,7-8,10,27H,5-6H2,1H3,(H,23,25). The predicted octanol–water partition coefficient (Wildman–Crippen LogP) is 3.90. The highest BCUT2D eigenvalue weighted by Crippen LogP contribution is 2.39. The lowest BCUT2D eigenvalue weighted by Gasteiger charge is -2.41. The maximum Gasteiger partial charge on any atom is 0.417 e. The quantitative estimate of drug-likeness (QED) is 0.644. The van der Waals surface area contributed by atoms with Gasteiger partial charge in [0.15, 0.2) is 0 Å². The number of aromatic nitrogens is 4. The van der Waals surface area contributed by atoms with Crippen molar-refractivity contribution in [3.8, 4) is 11.3 Å². The molecule has 3 aromatic rings. The van der Waals surface area contributed by atoms with Crippen molar-refractivity contribution in [2.75, 3.05) is 5.32 Å². The third-order valence-electron chi connectivity index (χ3n) is 4.60. The normalized spacial score (nSPS) is 22.7. The Morgan fingerprint density at radius 3 is 2.70 bits per heavy atom. The molecule has 0 aliphatic heterocycles. The van der Waals surface area contributed by atoms with Crippen molar-refractivity contribution in [2.45, 2.75) is 37.6 Å². The smallest absolute Gasteiger partial charge is 0.390 e. The van der Waals surface area contributed by atoms with E-state index in [9.17, 15) is 18.3 Å². The van der Waals surface area contributed by atoms with E-state index in [-0.39, 0.29) is 17.3 Å². The molecule has 6 nitrogen and oxygen atoms in total. The number of hydrogen-bond donors (Lipinski definition) is 2. The Bertz CT molecular complexity index is 1010. The molecule has 0 unspecified atom stereocenters. The Morgan fingerprint density at radius 1 is 1.30 bits per heavy atom. The van der Waals surface area contributed by atoms with Gasteiger partial charge in [0.05, 0.1) is 22.9 Å². The van der Waals surface area contributed by atoms with Crippen LogP contribution < -0.4 is 5.32 Å². The molecule has 0 atom stereocenters. The lowest BCUT2D eigenvalue weighted by atomic mass is 9.77. The highest BCUT2D eigenvalue weighted by molar-refractivity contribution is 9.10. The first kappa shape index (κ1) is 18.2. The van der Waals surface area contributed by atoms with Crippen LogP contribution in [-0.4, -0.2) is 36.3 Å². The van der Waals surface area contributed by atoms with E-state index in [1.165, 1.54) is 24.7 Å². The molecule has 4 rings (SSSR count). The van der Waals surface area contributed by atoms with Gasteiger partial charge in [0.25, 0.3) is 0 Å². The van der Waals surface area contributed by atoms with Crippen molar-refractivity contribution in [1.82, 2.24) is 19.6 Å². The van der Waals surface area contributed by atoms with Crippen LogP contribution in [0.15, 0.2) is 35.2 Å². The Kier molecular flexibility index (Phi) is 4.15. The van der Waals surface area contributed by atoms with Gasteiger partial charge < -0.3 is 10.4 Å². The van der Waals surface area contributed by atoms with Gasteiger partial charge in [-0.15, -0.1) is 10.2 Å². The molecule has 0 spiro atoms. The van der Waals surface area contributed by atoms with Crippen molar-refractivity contribution < 1.29 is 18.3 Å². The second-order valence-electron chi connectivity index (χ2n) is 6.96. The first-order valence-electron chi connectivity index (χ1n) is 8.19. The summed E-state index contributed by atoms with van der Waals surface area (Å²) in [6.07, 6.45) is -0.506. The summed E-state index contributed by atoms with van der Waals surface area (Å²) in [7, 11) is 0. The third kappa shape index (κ3) is 3.39. The van der Waals surface area contributed by atoms with Crippen LogP contribution in [-0.2, 0) is 6.18 Å². The SMILES string of the molecule is CC1(O)CC(Nc2nnc(-c3ccc(Br)cc3C(F)(F)F)c3cncn23)C1. The number of anilines is 1. The molecule has 1 aliphatic carbocycles. The van der Waals surface area contributed by atoms with Crippen molar-refractivity contribution >= 4 is 27.4 Å². The van der Waals surface area contributed by atoms with Crippen molar-refractivity contribution in [1.29, 1.82) is 0 Å². The van der Waals surface area contributed by atoms with Gasteiger partial charge in [0.2, 0.25) is 5.95 Å². The van der Waals surface area contributed by atoms with Crippen molar-refractivity contribution in [3.63, 3.8) is 0 Å². The van der Waals surface area contributed by atoms with Crippen LogP contribution in [0.3, 0.4) is 0 Å². The first-order chi connectivity index (χ1) is 12.6. The molecule has 1 aromatic carbocycles. The van der Waals surface area contributed by atoms with Gasteiger partial charge in [-0.2, -0.15) is 13.2 Å². The Balaban J connectivity index is 1.77. The number of fused-ring (bicyclic) bond motifs is 1. The first-order valence-corrected chi connectivity index (χ1v) is 8.98. The largest absolute Gasteiger partial charge is 0.417 e. The average molecular weight is 442 g/mol. The summed E-state index contributed by atoms with van der Waals surface area (Å²) in [6.45, 7) is 1.75. The fourth-order valence-corrected chi connectivity index (χ4v) is 3.73. The van der Waals surface area contributed by atoms with Crippen LogP contribution in [0.1, 0.15) is 25.3 Å². The van der Waals surface area contributed by atoms with Gasteiger partial charge in [0.1, 0.15) is 12.0 Å². The van der Waals surface area contributed by atoms with E-state index in [4.69, 9.17) is 0 Å². The molecule has 2 aromatic heterocycles. The topological polar surface area (TPSA) is 75.3 Å². The van der Waals surface area contributed by atoms with Crippen LogP contribution in [0.2, 0.25) is 0 Å². The molecule has 142 valence electrons. The number of benzene rings is 1. The molecule has 0 radical (unpaired) electrons. The average Bonchev–Trinajstić information content (AvgIpc) is 3.03. The molecule has 10 heteroatoms. The van der Waals surface area contributed by atoms with Crippen LogP contribution in [0.25, 0.3) is 16.8 Å². The summed E-state index contributed by atoms with van der Waals surface area (Å²) in [5.41, 5.74) is -1.07. The molecule has 0 bridgehead atoms. The zero-order chi connectivity index (χ0) is 19.4. The van der Waals surface area contributed by atoms with Crippen LogP contribution in [0.4, 0.5) is 19.1 Å². The fourth-order valence-electron chi connectivity index (χ4n) is 3.37. The van der Waals surface area contributed by atoms with Crippen LogP contribution in [0.5, 0.6) is 0 Å². The molecule has 27 heavy (non-hydrogen) atoms. The Morgan fingerprint density at radius 2 is 2.04 bits per heavy atom. The predicted molar refractivity (Wildman–Crippen MR) is 96.2 cm³/mol. The monoisotopic (exact) mass is 441 g/mol. The van der Waals surface area contributed by atoms with E-state index < -0.39 is 17.3 Å².